The van der Waals surface area contributed by atoms with Crippen LogP contribution < -0.4 is 0 Å². The lowest BCUT2D eigenvalue weighted by Crippen LogP contribution is -2.04. The Balaban J connectivity index is 3.24. The molecule has 0 saturated heterocycles. The highest BCUT2D eigenvalue weighted by molar-refractivity contribution is 6.21. The van der Waals surface area contributed by atoms with Gasteiger partial charge in [0.15, 0.2) is 0 Å². The quantitative estimate of drug-likeness (QED) is 0.597. The molecule has 0 spiro atoms. The van der Waals surface area contributed by atoms with E-state index >= 15 is 0 Å². The van der Waals surface area contributed by atoms with Gasteiger partial charge in [0.1, 0.15) is 0 Å². The predicted molar refractivity (Wildman–Crippen MR) is 32.2 cm³/mol. The summed E-state index contributed by atoms with van der Waals surface area (Å²) in [6.07, 6.45) is 0.784. The van der Waals surface area contributed by atoms with Gasteiger partial charge in [-0.3, -0.25) is 4.79 Å². The summed E-state index contributed by atoms with van der Waals surface area (Å²) in [5, 5.41) is 7.93. The van der Waals surface area contributed by atoms with E-state index in [1.165, 1.54) is 0 Å². The minimum atomic E-state index is -0.827. The lowest BCUT2D eigenvalue weighted by Gasteiger charge is -1.98. The van der Waals surface area contributed by atoms with Crippen LogP contribution in [0.2, 0.25) is 0 Å². The number of aliphatic carboxylic acids is 1. The third-order valence-corrected chi connectivity index (χ3v) is 1.30. The summed E-state index contributed by atoms with van der Waals surface area (Å²) >= 11 is 5.48. The zero-order chi connectivity index (χ0) is 6.57. The molecular formula is C5H9ClO2. The fourth-order valence-electron chi connectivity index (χ4n) is 0.334. The lowest BCUT2D eigenvalue weighted by molar-refractivity contribution is -0.137. The maximum atomic E-state index is 9.88. The third-order valence-electron chi connectivity index (χ3n) is 0.839. The zero-order valence-electron chi connectivity index (χ0n) is 4.72. The SMILES string of the molecule is CCC(Cl)CC(=O)O. The topological polar surface area (TPSA) is 37.3 Å². The van der Waals surface area contributed by atoms with Crippen molar-refractivity contribution in [3.63, 3.8) is 0 Å². The fraction of sp³-hybridized carbons (Fsp3) is 0.800. The zero-order valence-corrected chi connectivity index (χ0v) is 5.48. The van der Waals surface area contributed by atoms with Crippen molar-refractivity contribution in [2.45, 2.75) is 25.1 Å². The molecule has 0 heterocycles. The van der Waals surface area contributed by atoms with Crippen LogP contribution in [0.15, 0.2) is 0 Å². The van der Waals surface area contributed by atoms with Crippen LogP contribution in [0.4, 0.5) is 0 Å². The van der Waals surface area contributed by atoms with Crippen LogP contribution in [0.5, 0.6) is 0 Å². The van der Waals surface area contributed by atoms with Gasteiger partial charge in [-0.2, -0.15) is 0 Å². The first kappa shape index (κ1) is 7.76. The Bertz CT molecular complexity index is 82.5. The molecule has 48 valence electrons. The molecule has 2 nitrogen and oxygen atoms in total. The van der Waals surface area contributed by atoms with E-state index in [2.05, 4.69) is 0 Å². The van der Waals surface area contributed by atoms with E-state index in [4.69, 9.17) is 16.7 Å². The molecule has 3 heteroatoms. The van der Waals surface area contributed by atoms with Gasteiger partial charge < -0.3 is 5.11 Å². The van der Waals surface area contributed by atoms with Crippen molar-refractivity contribution in [2.24, 2.45) is 0 Å². The highest BCUT2D eigenvalue weighted by Gasteiger charge is 2.05. The highest BCUT2D eigenvalue weighted by Crippen LogP contribution is 2.04. The van der Waals surface area contributed by atoms with E-state index in [-0.39, 0.29) is 11.8 Å². The summed E-state index contributed by atoms with van der Waals surface area (Å²) in [4.78, 5) is 9.88. The highest BCUT2D eigenvalue weighted by atomic mass is 35.5. The molecule has 0 aromatic carbocycles. The van der Waals surface area contributed by atoms with E-state index in [0.29, 0.717) is 6.42 Å². The maximum Gasteiger partial charge on any atom is 0.304 e. The first-order valence-corrected chi connectivity index (χ1v) is 2.96. The van der Waals surface area contributed by atoms with E-state index < -0.39 is 5.97 Å². The van der Waals surface area contributed by atoms with Crippen molar-refractivity contribution in [2.75, 3.05) is 0 Å². The van der Waals surface area contributed by atoms with Crippen LogP contribution in [0.3, 0.4) is 0 Å². The van der Waals surface area contributed by atoms with Gasteiger partial charge in [0.2, 0.25) is 0 Å². The number of carboxylic acid groups (broad SMARTS) is 1. The monoisotopic (exact) mass is 136 g/mol. The van der Waals surface area contributed by atoms with Gasteiger partial charge in [-0.25, -0.2) is 0 Å². The first-order valence-electron chi connectivity index (χ1n) is 2.52. The maximum absolute atomic E-state index is 9.88. The minimum Gasteiger partial charge on any atom is -0.481 e. The number of halogens is 1. The second-order valence-corrected chi connectivity index (χ2v) is 2.22. The van der Waals surface area contributed by atoms with Crippen molar-refractivity contribution in [3.05, 3.63) is 0 Å². The number of carboxylic acids is 1. The molecule has 1 atom stereocenters. The van der Waals surface area contributed by atoms with Gasteiger partial charge in [0, 0.05) is 5.38 Å². The van der Waals surface area contributed by atoms with Crippen molar-refractivity contribution in [3.8, 4) is 0 Å². The molecule has 8 heavy (non-hydrogen) atoms. The molecule has 0 rings (SSSR count). The average molecular weight is 137 g/mol. The Kier molecular flexibility index (Phi) is 3.61. The normalized spacial score (nSPS) is 13.2. The van der Waals surface area contributed by atoms with Gasteiger partial charge in [-0.05, 0) is 6.42 Å². The van der Waals surface area contributed by atoms with E-state index in [1.807, 2.05) is 6.92 Å². The van der Waals surface area contributed by atoms with Crippen molar-refractivity contribution < 1.29 is 9.90 Å². The van der Waals surface area contributed by atoms with Crippen LogP contribution in [-0.2, 0) is 4.79 Å². The van der Waals surface area contributed by atoms with Gasteiger partial charge in [0.25, 0.3) is 0 Å². The van der Waals surface area contributed by atoms with Crippen molar-refractivity contribution >= 4 is 17.6 Å². The fourth-order valence-corrected chi connectivity index (χ4v) is 0.466. The van der Waals surface area contributed by atoms with E-state index in [0.717, 1.165) is 0 Å². The van der Waals surface area contributed by atoms with Crippen LogP contribution in [0.25, 0.3) is 0 Å². The number of hydrogen-bond acceptors (Lipinski definition) is 1. The second kappa shape index (κ2) is 3.72. The molecule has 0 aliphatic carbocycles. The Hall–Kier alpha value is -0.240. The molecule has 0 aromatic heterocycles. The lowest BCUT2D eigenvalue weighted by atomic mass is 10.2. The number of carbonyl (C=O) groups is 1. The Labute approximate surface area is 53.5 Å². The molecule has 0 fully saturated rings. The van der Waals surface area contributed by atoms with Gasteiger partial charge in [-0.1, -0.05) is 6.92 Å². The van der Waals surface area contributed by atoms with Gasteiger partial charge >= 0.3 is 5.97 Å². The van der Waals surface area contributed by atoms with Gasteiger partial charge in [0.05, 0.1) is 6.42 Å². The van der Waals surface area contributed by atoms with Crippen LogP contribution in [-0.4, -0.2) is 16.5 Å². The molecule has 0 radical (unpaired) electrons. The second-order valence-electron chi connectivity index (χ2n) is 1.60. The molecule has 1 N–H and O–H groups in total. The largest absolute Gasteiger partial charge is 0.481 e. The van der Waals surface area contributed by atoms with Crippen LogP contribution in [0.1, 0.15) is 19.8 Å². The molecule has 0 aliphatic heterocycles. The van der Waals surface area contributed by atoms with Crippen molar-refractivity contribution in [1.82, 2.24) is 0 Å². The molecule has 0 amide bonds. The smallest absolute Gasteiger partial charge is 0.304 e. The third kappa shape index (κ3) is 3.93. The minimum absolute atomic E-state index is 0.0675. The Morgan fingerprint density at radius 3 is 2.50 bits per heavy atom. The summed E-state index contributed by atoms with van der Waals surface area (Å²) in [6, 6.07) is 0. The summed E-state index contributed by atoms with van der Waals surface area (Å²) in [5.41, 5.74) is 0. The van der Waals surface area contributed by atoms with Crippen LogP contribution in [0, 0.1) is 0 Å². The molecule has 0 aliphatic rings. The number of hydrogen-bond donors (Lipinski definition) is 1. The Morgan fingerprint density at radius 2 is 2.38 bits per heavy atom. The summed E-state index contributed by atoms with van der Waals surface area (Å²) in [5.74, 6) is -0.827. The number of alkyl halides is 1. The van der Waals surface area contributed by atoms with Crippen LogP contribution >= 0.6 is 11.6 Å². The molecule has 0 bridgehead atoms. The molecule has 1 unspecified atom stereocenters. The number of rotatable bonds is 3. The summed E-state index contributed by atoms with van der Waals surface area (Å²) in [7, 11) is 0. The van der Waals surface area contributed by atoms with Gasteiger partial charge in [-0.15, -0.1) is 11.6 Å². The average Bonchev–Trinajstić information content (AvgIpc) is 1.65. The summed E-state index contributed by atoms with van der Waals surface area (Å²) in [6.45, 7) is 1.86. The van der Waals surface area contributed by atoms with E-state index in [1.54, 1.807) is 0 Å². The molecule has 0 saturated carbocycles. The Morgan fingerprint density at radius 1 is 1.88 bits per heavy atom. The summed E-state index contributed by atoms with van der Waals surface area (Å²) < 4.78 is 0. The molecular weight excluding hydrogens is 128 g/mol. The van der Waals surface area contributed by atoms with Crippen molar-refractivity contribution in [1.29, 1.82) is 0 Å². The standard InChI is InChI=1S/C5H9ClO2/c1-2-4(6)3-5(7)8/h4H,2-3H2,1H3,(H,7,8). The molecule has 0 aromatic rings. The first-order chi connectivity index (χ1) is 3.66. The van der Waals surface area contributed by atoms with E-state index in [9.17, 15) is 4.79 Å². The predicted octanol–water partition coefficient (Wildman–Crippen LogP) is 1.48.